The van der Waals surface area contributed by atoms with Gasteiger partial charge < -0.3 is 10.6 Å². The lowest BCUT2D eigenvalue weighted by Gasteiger charge is -2.24. The molecule has 0 radical (unpaired) electrons. The summed E-state index contributed by atoms with van der Waals surface area (Å²) in [6.07, 6.45) is 8.91. The number of rotatable bonds is 4. The van der Waals surface area contributed by atoms with Crippen LogP contribution in [0.1, 0.15) is 44.9 Å². The lowest BCUT2D eigenvalue weighted by molar-refractivity contribution is -0.124. The SMILES string of the molecule is O=C(NCC1(C2CC2)CC1)[C@H]1CCCCN1. The quantitative estimate of drug-likeness (QED) is 0.755. The highest BCUT2D eigenvalue weighted by Gasteiger charge is 2.53. The standard InChI is InChI=1S/C13H22N2O/c16-12(11-3-1-2-8-14-11)15-9-13(6-7-13)10-4-5-10/h10-11,14H,1-9H2,(H,15,16)/t11-/m1/s1. The van der Waals surface area contributed by atoms with Crippen molar-refractivity contribution in [2.45, 2.75) is 51.0 Å². The van der Waals surface area contributed by atoms with E-state index >= 15 is 0 Å². The van der Waals surface area contributed by atoms with Gasteiger partial charge in [0.05, 0.1) is 6.04 Å². The number of nitrogens with one attached hydrogen (secondary N) is 2. The summed E-state index contributed by atoms with van der Waals surface area (Å²) in [5, 5.41) is 6.48. The van der Waals surface area contributed by atoms with Gasteiger partial charge in [-0.15, -0.1) is 0 Å². The molecule has 2 aliphatic carbocycles. The molecule has 1 aliphatic heterocycles. The van der Waals surface area contributed by atoms with Gasteiger partial charge in [0.25, 0.3) is 0 Å². The van der Waals surface area contributed by atoms with E-state index in [1.54, 1.807) is 0 Å². The summed E-state index contributed by atoms with van der Waals surface area (Å²) in [6, 6.07) is 0.0868. The smallest absolute Gasteiger partial charge is 0.237 e. The Hall–Kier alpha value is -0.570. The van der Waals surface area contributed by atoms with Gasteiger partial charge in [-0.25, -0.2) is 0 Å². The second-order valence-electron chi connectivity index (χ2n) is 5.86. The molecule has 1 heterocycles. The van der Waals surface area contributed by atoms with Crippen LogP contribution in [-0.4, -0.2) is 25.0 Å². The van der Waals surface area contributed by atoms with Crippen LogP contribution in [0.25, 0.3) is 0 Å². The maximum absolute atomic E-state index is 11.9. The number of carbonyl (C=O) groups excluding carboxylic acids is 1. The van der Waals surface area contributed by atoms with E-state index in [-0.39, 0.29) is 11.9 Å². The molecular weight excluding hydrogens is 200 g/mol. The summed E-state index contributed by atoms with van der Waals surface area (Å²) in [5.74, 6) is 1.18. The number of piperidine rings is 1. The lowest BCUT2D eigenvalue weighted by atomic mass is 10.00. The van der Waals surface area contributed by atoms with Gasteiger partial charge in [-0.2, -0.15) is 0 Å². The molecule has 1 saturated heterocycles. The van der Waals surface area contributed by atoms with Crippen molar-refractivity contribution in [2.24, 2.45) is 11.3 Å². The maximum atomic E-state index is 11.9. The third-order valence-electron chi connectivity index (χ3n) is 4.58. The van der Waals surface area contributed by atoms with Gasteiger partial charge in [0.1, 0.15) is 0 Å². The molecule has 0 aromatic carbocycles. The maximum Gasteiger partial charge on any atom is 0.237 e. The number of amides is 1. The van der Waals surface area contributed by atoms with Gasteiger partial charge in [0.2, 0.25) is 5.91 Å². The Balaban J connectivity index is 1.45. The number of hydrogen-bond acceptors (Lipinski definition) is 2. The van der Waals surface area contributed by atoms with E-state index in [0.29, 0.717) is 5.41 Å². The molecule has 2 saturated carbocycles. The first-order valence-corrected chi connectivity index (χ1v) is 6.81. The highest BCUT2D eigenvalue weighted by Crippen LogP contribution is 2.60. The zero-order valence-corrected chi connectivity index (χ0v) is 9.93. The Morgan fingerprint density at radius 1 is 1.25 bits per heavy atom. The molecular formula is C13H22N2O. The Morgan fingerprint density at radius 2 is 2.06 bits per heavy atom. The van der Waals surface area contributed by atoms with Crippen LogP contribution in [-0.2, 0) is 4.79 Å². The van der Waals surface area contributed by atoms with Crippen LogP contribution < -0.4 is 10.6 Å². The van der Waals surface area contributed by atoms with Gasteiger partial charge in [-0.1, -0.05) is 6.42 Å². The van der Waals surface area contributed by atoms with Crippen LogP contribution in [0.3, 0.4) is 0 Å². The Morgan fingerprint density at radius 3 is 2.62 bits per heavy atom. The predicted molar refractivity (Wildman–Crippen MR) is 63.0 cm³/mol. The molecule has 0 unspecified atom stereocenters. The van der Waals surface area contributed by atoms with E-state index in [9.17, 15) is 4.79 Å². The van der Waals surface area contributed by atoms with Gasteiger partial charge in [0.15, 0.2) is 0 Å². The van der Waals surface area contributed by atoms with Crippen LogP contribution in [0.4, 0.5) is 0 Å². The first-order chi connectivity index (χ1) is 7.80. The first kappa shape index (κ1) is 10.6. The van der Waals surface area contributed by atoms with E-state index < -0.39 is 0 Å². The minimum Gasteiger partial charge on any atom is -0.354 e. The van der Waals surface area contributed by atoms with Crippen molar-refractivity contribution in [1.82, 2.24) is 10.6 Å². The first-order valence-electron chi connectivity index (χ1n) is 6.81. The van der Waals surface area contributed by atoms with Crippen molar-refractivity contribution in [3.05, 3.63) is 0 Å². The van der Waals surface area contributed by atoms with E-state index in [0.717, 1.165) is 25.4 Å². The average Bonchev–Trinajstić information content (AvgIpc) is 3.17. The molecule has 16 heavy (non-hydrogen) atoms. The zero-order chi connectivity index (χ0) is 11.0. The Bertz CT molecular complexity index is 276. The van der Waals surface area contributed by atoms with Crippen LogP contribution >= 0.6 is 0 Å². The van der Waals surface area contributed by atoms with Crippen LogP contribution in [0, 0.1) is 11.3 Å². The van der Waals surface area contributed by atoms with Crippen molar-refractivity contribution in [3.8, 4) is 0 Å². The minimum atomic E-state index is 0.0868. The van der Waals surface area contributed by atoms with Crippen molar-refractivity contribution in [2.75, 3.05) is 13.1 Å². The summed E-state index contributed by atoms with van der Waals surface area (Å²) >= 11 is 0. The molecule has 0 aromatic rings. The molecule has 3 rings (SSSR count). The predicted octanol–water partition coefficient (Wildman–Crippen LogP) is 1.43. The fourth-order valence-electron chi connectivity index (χ4n) is 3.05. The third-order valence-corrected chi connectivity index (χ3v) is 4.58. The number of carbonyl (C=O) groups is 1. The second-order valence-corrected chi connectivity index (χ2v) is 5.86. The highest BCUT2D eigenvalue weighted by molar-refractivity contribution is 5.81. The lowest BCUT2D eigenvalue weighted by Crippen LogP contribution is -2.48. The number of hydrogen-bond donors (Lipinski definition) is 2. The van der Waals surface area contributed by atoms with Crippen molar-refractivity contribution in [3.63, 3.8) is 0 Å². The zero-order valence-electron chi connectivity index (χ0n) is 9.93. The van der Waals surface area contributed by atoms with Crippen LogP contribution in [0.2, 0.25) is 0 Å². The minimum absolute atomic E-state index is 0.0868. The molecule has 3 fully saturated rings. The van der Waals surface area contributed by atoms with Crippen LogP contribution in [0.5, 0.6) is 0 Å². The molecule has 1 amide bonds. The highest BCUT2D eigenvalue weighted by atomic mass is 16.2. The van der Waals surface area contributed by atoms with Crippen molar-refractivity contribution in [1.29, 1.82) is 0 Å². The second kappa shape index (κ2) is 4.02. The van der Waals surface area contributed by atoms with E-state index in [1.165, 1.54) is 38.5 Å². The molecule has 90 valence electrons. The Kier molecular flexibility index (Phi) is 2.66. The average molecular weight is 222 g/mol. The van der Waals surface area contributed by atoms with Crippen molar-refractivity contribution >= 4 is 5.91 Å². The van der Waals surface area contributed by atoms with Gasteiger partial charge in [-0.3, -0.25) is 4.79 Å². The molecule has 2 N–H and O–H groups in total. The van der Waals surface area contributed by atoms with Crippen LogP contribution in [0.15, 0.2) is 0 Å². The third kappa shape index (κ3) is 2.10. The summed E-state index contributed by atoms with van der Waals surface area (Å²) in [6.45, 7) is 1.94. The van der Waals surface area contributed by atoms with E-state index in [4.69, 9.17) is 0 Å². The molecule has 3 aliphatic rings. The molecule has 1 atom stereocenters. The monoisotopic (exact) mass is 222 g/mol. The van der Waals surface area contributed by atoms with E-state index in [1.807, 2.05) is 0 Å². The normalized spacial score (nSPS) is 32.1. The molecule has 0 aromatic heterocycles. The fourth-order valence-corrected chi connectivity index (χ4v) is 3.05. The van der Waals surface area contributed by atoms with Gasteiger partial charge >= 0.3 is 0 Å². The van der Waals surface area contributed by atoms with Crippen molar-refractivity contribution < 1.29 is 4.79 Å². The summed E-state index contributed by atoms with van der Waals surface area (Å²) in [7, 11) is 0. The summed E-state index contributed by atoms with van der Waals surface area (Å²) in [4.78, 5) is 11.9. The summed E-state index contributed by atoms with van der Waals surface area (Å²) < 4.78 is 0. The molecule has 0 bridgehead atoms. The topological polar surface area (TPSA) is 41.1 Å². The molecule has 3 nitrogen and oxygen atoms in total. The van der Waals surface area contributed by atoms with E-state index in [2.05, 4.69) is 10.6 Å². The molecule has 0 spiro atoms. The van der Waals surface area contributed by atoms with Gasteiger partial charge in [-0.05, 0) is 56.4 Å². The fraction of sp³-hybridized carbons (Fsp3) is 0.923. The molecule has 3 heteroatoms. The summed E-state index contributed by atoms with van der Waals surface area (Å²) in [5.41, 5.74) is 0.532. The van der Waals surface area contributed by atoms with Gasteiger partial charge in [0, 0.05) is 6.54 Å². The Labute approximate surface area is 97.4 Å². The largest absolute Gasteiger partial charge is 0.354 e.